The number of fused-ring (bicyclic) bond motifs is 1. The highest BCUT2D eigenvalue weighted by Gasteiger charge is 2.34. The van der Waals surface area contributed by atoms with Gasteiger partial charge in [-0.2, -0.15) is 4.98 Å². The molecular formula is C24H24Cl2N3O5PS. The van der Waals surface area contributed by atoms with Crippen molar-refractivity contribution in [3.8, 4) is 11.4 Å². The topological polar surface area (TPSA) is 103 Å². The summed E-state index contributed by atoms with van der Waals surface area (Å²) < 4.78 is 53.3. The van der Waals surface area contributed by atoms with Gasteiger partial charge in [0.2, 0.25) is 19.1 Å². The van der Waals surface area contributed by atoms with Crippen molar-refractivity contribution in [3.63, 3.8) is 0 Å². The average molecular weight is 568 g/mol. The number of hydrogen-bond donors (Lipinski definition) is 0. The molecule has 1 unspecified atom stereocenters. The molecule has 0 radical (unpaired) electrons. The zero-order chi connectivity index (χ0) is 26.1. The Bertz CT molecular complexity index is 1560. The van der Waals surface area contributed by atoms with Gasteiger partial charge in [-0.15, -0.1) is 0 Å². The molecule has 0 spiro atoms. The third kappa shape index (κ3) is 5.45. The lowest BCUT2D eigenvalue weighted by Crippen LogP contribution is -2.33. The van der Waals surface area contributed by atoms with Crippen LogP contribution in [0, 0.1) is 6.92 Å². The summed E-state index contributed by atoms with van der Waals surface area (Å²) in [6, 6.07) is 14.7. The second-order valence-electron chi connectivity index (χ2n) is 8.00. The molecule has 0 amide bonds. The Morgan fingerprint density at radius 3 is 2.39 bits per heavy atom. The first-order valence-corrected chi connectivity index (χ1v) is 15.3. The van der Waals surface area contributed by atoms with Crippen LogP contribution >= 0.6 is 30.6 Å². The van der Waals surface area contributed by atoms with Crippen molar-refractivity contribution < 1.29 is 22.0 Å². The molecule has 1 atom stereocenters. The van der Waals surface area contributed by atoms with E-state index in [4.69, 9.17) is 32.2 Å². The van der Waals surface area contributed by atoms with Crippen molar-refractivity contribution in [1.29, 1.82) is 0 Å². The maximum atomic E-state index is 14.0. The fraction of sp³-hybridized carbons (Fsp3) is 0.250. The maximum Gasteiger partial charge on any atom is 0.264 e. The Morgan fingerprint density at radius 2 is 1.78 bits per heavy atom. The molecule has 0 saturated heterocycles. The highest BCUT2D eigenvalue weighted by molar-refractivity contribution is 7.93. The molecule has 4 rings (SSSR count). The van der Waals surface area contributed by atoms with Crippen LogP contribution in [-0.2, 0) is 19.1 Å². The second kappa shape index (κ2) is 10.5. The largest absolute Gasteiger partial charge is 0.339 e. The molecule has 1 heterocycles. The highest BCUT2D eigenvalue weighted by Crippen LogP contribution is 2.49. The highest BCUT2D eigenvalue weighted by atomic mass is 35.5. The monoisotopic (exact) mass is 567 g/mol. The van der Waals surface area contributed by atoms with Crippen LogP contribution < -0.4 is 4.31 Å². The van der Waals surface area contributed by atoms with Gasteiger partial charge in [0.05, 0.1) is 17.2 Å². The van der Waals surface area contributed by atoms with Gasteiger partial charge in [-0.3, -0.25) is 8.87 Å². The zero-order valence-corrected chi connectivity index (χ0v) is 23.0. The van der Waals surface area contributed by atoms with E-state index in [-0.39, 0.29) is 34.0 Å². The van der Waals surface area contributed by atoms with Crippen molar-refractivity contribution in [3.05, 3.63) is 70.5 Å². The number of nitrogens with zero attached hydrogens (tertiary/aromatic N) is 3. The predicted octanol–water partition coefficient (Wildman–Crippen LogP) is 6.99. The van der Waals surface area contributed by atoms with Crippen molar-refractivity contribution in [2.45, 2.75) is 25.7 Å². The lowest BCUT2D eigenvalue weighted by Gasteiger charge is -2.29. The third-order valence-electron chi connectivity index (χ3n) is 5.53. The summed E-state index contributed by atoms with van der Waals surface area (Å²) >= 11 is 12.2. The molecule has 0 bridgehead atoms. The predicted molar refractivity (Wildman–Crippen MR) is 143 cm³/mol. The van der Waals surface area contributed by atoms with Crippen LogP contribution in [0.5, 0.6) is 0 Å². The molecule has 0 aliphatic carbocycles. The fourth-order valence-electron chi connectivity index (χ4n) is 3.79. The molecule has 190 valence electrons. The summed E-state index contributed by atoms with van der Waals surface area (Å²) in [7, 11) is -7.59. The van der Waals surface area contributed by atoms with Gasteiger partial charge in [0, 0.05) is 34.1 Å². The molecule has 1 aromatic heterocycles. The van der Waals surface area contributed by atoms with Gasteiger partial charge < -0.3 is 9.05 Å². The number of hydrogen-bond acceptors (Lipinski definition) is 7. The summed E-state index contributed by atoms with van der Waals surface area (Å²) in [5.74, 6) is 0.854. The van der Waals surface area contributed by atoms with Crippen molar-refractivity contribution in [1.82, 2.24) is 10.1 Å². The number of rotatable bonds is 9. The van der Waals surface area contributed by atoms with E-state index in [9.17, 15) is 13.0 Å². The molecule has 0 saturated carbocycles. The van der Waals surface area contributed by atoms with Crippen molar-refractivity contribution in [2.75, 3.05) is 23.4 Å². The summed E-state index contributed by atoms with van der Waals surface area (Å²) in [5, 5.41) is 5.65. The first kappa shape index (κ1) is 26.6. The molecule has 4 aromatic rings. The Labute approximate surface area is 219 Å². The minimum Gasteiger partial charge on any atom is -0.339 e. The molecule has 0 aliphatic heterocycles. The summed E-state index contributed by atoms with van der Waals surface area (Å²) in [6.07, 6.45) is -0.191. The van der Waals surface area contributed by atoms with Crippen LogP contribution in [0.15, 0.2) is 64.0 Å². The van der Waals surface area contributed by atoms with Crippen molar-refractivity contribution in [2.24, 2.45) is 0 Å². The lowest BCUT2D eigenvalue weighted by molar-refractivity contribution is 0.334. The van der Waals surface area contributed by atoms with Gasteiger partial charge in [-0.05, 0) is 42.6 Å². The molecule has 8 nitrogen and oxygen atoms in total. The summed E-state index contributed by atoms with van der Waals surface area (Å²) in [5.41, 5.74) is 1.05. The van der Waals surface area contributed by atoms with E-state index < -0.39 is 17.4 Å². The maximum absolute atomic E-state index is 14.0. The van der Waals surface area contributed by atoms with Crippen molar-refractivity contribution >= 4 is 57.1 Å². The van der Waals surface area contributed by atoms with Gasteiger partial charge in [0.1, 0.15) is 6.29 Å². The van der Waals surface area contributed by atoms with Crippen LogP contribution in [0.3, 0.4) is 0 Å². The summed E-state index contributed by atoms with van der Waals surface area (Å²) in [4.78, 5) is 4.14. The van der Waals surface area contributed by atoms with Crippen LogP contribution in [-0.4, -0.2) is 37.6 Å². The SMILES string of the molecule is CCOP(=O)(CC)CN(c1cccc2cc(-c3noc(C)n3)ccc12)S(=O)(=O)c1cc(Cl)cc(Cl)c1. The van der Waals surface area contributed by atoms with Gasteiger partial charge in [-0.1, -0.05) is 59.5 Å². The number of aromatic nitrogens is 2. The smallest absolute Gasteiger partial charge is 0.264 e. The normalized spacial score (nSPS) is 13.6. The van der Waals surface area contributed by atoms with Gasteiger partial charge in [-0.25, -0.2) is 8.42 Å². The first-order valence-electron chi connectivity index (χ1n) is 11.1. The molecular weight excluding hydrogens is 544 g/mol. The number of aryl methyl sites for hydroxylation is 1. The Kier molecular flexibility index (Phi) is 7.78. The molecule has 0 aliphatic rings. The van der Waals surface area contributed by atoms with E-state index in [1.165, 1.54) is 18.2 Å². The van der Waals surface area contributed by atoms with Crippen LogP contribution in [0.25, 0.3) is 22.2 Å². The number of sulfonamides is 1. The fourth-order valence-corrected chi connectivity index (χ4v) is 8.28. The van der Waals surface area contributed by atoms with E-state index >= 15 is 0 Å². The third-order valence-corrected chi connectivity index (χ3v) is 10.3. The standard InChI is InChI=1S/C24H24Cl2N3O5PS/c1-4-33-35(30,5-2)15-29(36(31,32)21-13-19(25)12-20(26)14-21)23-8-6-7-17-11-18(9-10-22(17)23)24-27-16(3)34-28-24/h6-14H,4-5,15H2,1-3H3. The Balaban J connectivity index is 1.91. The van der Waals surface area contributed by atoms with E-state index in [1.807, 2.05) is 12.1 Å². The minimum absolute atomic E-state index is 0.116. The van der Waals surface area contributed by atoms with Crippen LogP contribution in [0.1, 0.15) is 19.7 Å². The van der Waals surface area contributed by atoms with E-state index in [1.54, 1.807) is 45.0 Å². The molecule has 0 fully saturated rings. The van der Waals surface area contributed by atoms with E-state index in [0.29, 0.717) is 28.4 Å². The van der Waals surface area contributed by atoms with Crippen LogP contribution in [0.2, 0.25) is 10.0 Å². The van der Waals surface area contributed by atoms with Gasteiger partial charge >= 0.3 is 0 Å². The summed E-state index contributed by atoms with van der Waals surface area (Å²) in [6.45, 7) is 5.31. The molecule has 3 aromatic carbocycles. The molecule has 0 N–H and O–H groups in total. The Morgan fingerprint density at radius 1 is 1.06 bits per heavy atom. The lowest BCUT2D eigenvalue weighted by atomic mass is 10.1. The minimum atomic E-state index is -4.24. The molecule has 36 heavy (non-hydrogen) atoms. The number of halogens is 2. The quantitative estimate of drug-likeness (QED) is 0.201. The number of benzene rings is 3. The van der Waals surface area contributed by atoms with E-state index in [0.717, 1.165) is 9.69 Å². The second-order valence-corrected chi connectivity index (χ2v) is 13.5. The molecule has 12 heteroatoms. The van der Waals surface area contributed by atoms with E-state index in [2.05, 4.69) is 10.1 Å². The van der Waals surface area contributed by atoms with Gasteiger partial charge in [0.25, 0.3) is 10.0 Å². The number of anilines is 1. The Hall–Kier alpha value is -2.42. The average Bonchev–Trinajstić information content (AvgIpc) is 3.27. The van der Waals surface area contributed by atoms with Gasteiger partial charge in [0.15, 0.2) is 0 Å². The first-order chi connectivity index (χ1) is 17.1. The van der Waals surface area contributed by atoms with Crippen LogP contribution in [0.4, 0.5) is 5.69 Å². The zero-order valence-electron chi connectivity index (χ0n) is 19.8.